The van der Waals surface area contributed by atoms with Crippen LogP contribution in [0.25, 0.3) is 0 Å². The molecule has 21 heavy (non-hydrogen) atoms. The molecule has 0 radical (unpaired) electrons. The molecule has 0 fully saturated rings. The van der Waals surface area contributed by atoms with Crippen LogP contribution in [0.3, 0.4) is 0 Å². The van der Waals surface area contributed by atoms with Gasteiger partial charge in [-0.1, -0.05) is 58.4 Å². The van der Waals surface area contributed by atoms with Crippen molar-refractivity contribution in [3.8, 4) is 0 Å². The molecule has 122 valence electrons. The van der Waals surface area contributed by atoms with Gasteiger partial charge in [0.25, 0.3) is 0 Å². The Morgan fingerprint density at radius 2 is 1.38 bits per heavy atom. The summed E-state index contributed by atoms with van der Waals surface area (Å²) in [5.74, 6) is -0.680. The van der Waals surface area contributed by atoms with Crippen LogP contribution in [0.5, 0.6) is 0 Å². The molecule has 0 aromatic rings. The molecule has 0 amide bonds. The molecule has 4 heteroatoms. The summed E-state index contributed by atoms with van der Waals surface area (Å²) in [6.45, 7) is 5.19. The van der Waals surface area contributed by atoms with Crippen LogP contribution in [0.4, 0.5) is 0 Å². The number of ether oxygens (including phenoxy) is 2. The third kappa shape index (κ3) is 14.9. The van der Waals surface area contributed by atoms with Gasteiger partial charge in [0.05, 0.1) is 19.6 Å². The first-order chi connectivity index (χ1) is 10.2. The molecule has 0 aromatic heterocycles. The van der Waals surface area contributed by atoms with E-state index < -0.39 is 0 Å². The number of carbonyl (C=O) groups excluding carboxylic acids is 2. The fourth-order valence-electron chi connectivity index (χ4n) is 1.77. The number of hydrogen-bond donors (Lipinski definition) is 0. The highest BCUT2D eigenvalue weighted by molar-refractivity contribution is 5.83. The smallest absolute Gasteiger partial charge is 0.330 e. The maximum absolute atomic E-state index is 11.4. The van der Waals surface area contributed by atoms with Crippen LogP contribution in [-0.2, 0) is 19.1 Å². The number of rotatable bonds is 13. The molecular formula is C17H30O4. The van der Waals surface area contributed by atoms with Crippen LogP contribution >= 0.6 is 0 Å². The van der Waals surface area contributed by atoms with Crippen LogP contribution in [0.1, 0.15) is 71.6 Å². The van der Waals surface area contributed by atoms with Crippen molar-refractivity contribution in [3.05, 3.63) is 12.2 Å². The third-order valence-electron chi connectivity index (χ3n) is 3.04. The highest BCUT2D eigenvalue weighted by atomic mass is 16.5. The van der Waals surface area contributed by atoms with Crippen molar-refractivity contribution >= 4 is 11.9 Å². The van der Waals surface area contributed by atoms with Gasteiger partial charge in [-0.15, -0.1) is 0 Å². The van der Waals surface area contributed by atoms with Gasteiger partial charge in [-0.2, -0.15) is 0 Å². The highest BCUT2D eigenvalue weighted by Crippen LogP contribution is 2.01. The minimum Gasteiger partial charge on any atom is -0.465 e. The van der Waals surface area contributed by atoms with Crippen molar-refractivity contribution in [2.24, 2.45) is 0 Å². The Bertz CT molecular complexity index is 297. The summed E-state index contributed by atoms with van der Waals surface area (Å²) < 4.78 is 10.1. The Balaban J connectivity index is 3.50. The Morgan fingerprint density at radius 3 is 1.95 bits per heavy atom. The second-order valence-electron chi connectivity index (χ2n) is 5.12. The van der Waals surface area contributed by atoms with Gasteiger partial charge in [0.15, 0.2) is 0 Å². The molecule has 4 nitrogen and oxygen atoms in total. The molecule has 0 aliphatic heterocycles. The second-order valence-corrected chi connectivity index (χ2v) is 5.12. The van der Waals surface area contributed by atoms with Crippen molar-refractivity contribution in [2.45, 2.75) is 71.6 Å². The van der Waals surface area contributed by atoms with E-state index in [1.165, 1.54) is 18.6 Å². The van der Waals surface area contributed by atoms with Gasteiger partial charge in [0, 0.05) is 6.08 Å². The zero-order valence-corrected chi connectivity index (χ0v) is 13.6. The largest absolute Gasteiger partial charge is 0.465 e. The molecule has 0 aromatic carbocycles. The van der Waals surface area contributed by atoms with Crippen molar-refractivity contribution in [3.63, 3.8) is 0 Å². The first-order valence-electron chi connectivity index (χ1n) is 8.19. The Hall–Kier alpha value is -1.32. The molecule has 0 unspecified atom stereocenters. The van der Waals surface area contributed by atoms with Gasteiger partial charge in [0.1, 0.15) is 0 Å². The van der Waals surface area contributed by atoms with Gasteiger partial charge < -0.3 is 9.47 Å². The molecule has 0 N–H and O–H groups in total. The maximum Gasteiger partial charge on any atom is 0.330 e. The lowest BCUT2D eigenvalue weighted by atomic mass is 10.2. The standard InChI is InChI=1S/C17H30O4/c1-3-5-7-9-14-20-16(18)12-11-13-17(19)21-15-10-8-6-4-2/h11-12H,3-10,13-15H2,1-2H3/b12-11+. The summed E-state index contributed by atoms with van der Waals surface area (Å²) in [5, 5.41) is 0. The average molecular weight is 298 g/mol. The van der Waals surface area contributed by atoms with Gasteiger partial charge in [0.2, 0.25) is 0 Å². The lowest BCUT2D eigenvalue weighted by Crippen LogP contribution is -2.05. The van der Waals surface area contributed by atoms with E-state index in [9.17, 15) is 9.59 Å². The summed E-state index contributed by atoms with van der Waals surface area (Å²) in [6, 6.07) is 0. The van der Waals surface area contributed by atoms with Gasteiger partial charge in [-0.3, -0.25) is 4.79 Å². The first-order valence-corrected chi connectivity index (χ1v) is 8.19. The van der Waals surface area contributed by atoms with E-state index in [-0.39, 0.29) is 18.4 Å². The van der Waals surface area contributed by atoms with E-state index in [4.69, 9.17) is 9.47 Å². The number of carbonyl (C=O) groups is 2. The Morgan fingerprint density at radius 1 is 0.810 bits per heavy atom. The van der Waals surface area contributed by atoms with Crippen LogP contribution < -0.4 is 0 Å². The molecule has 0 saturated carbocycles. The zero-order valence-electron chi connectivity index (χ0n) is 13.6. The predicted octanol–water partition coefficient (Wildman–Crippen LogP) is 4.18. The van der Waals surface area contributed by atoms with E-state index in [1.54, 1.807) is 0 Å². The zero-order chi connectivity index (χ0) is 15.8. The number of hydrogen-bond acceptors (Lipinski definition) is 4. The summed E-state index contributed by atoms with van der Waals surface area (Å²) in [7, 11) is 0. The molecule has 0 heterocycles. The summed E-state index contributed by atoms with van der Waals surface area (Å²) >= 11 is 0. The Kier molecular flexibility index (Phi) is 14.1. The van der Waals surface area contributed by atoms with Crippen LogP contribution in [0.15, 0.2) is 12.2 Å². The van der Waals surface area contributed by atoms with Crippen LogP contribution in [0, 0.1) is 0 Å². The minimum absolute atomic E-state index is 0.124. The second kappa shape index (κ2) is 15.1. The fourth-order valence-corrected chi connectivity index (χ4v) is 1.77. The van der Waals surface area contributed by atoms with Gasteiger partial charge in [-0.25, -0.2) is 4.79 Å². The van der Waals surface area contributed by atoms with Crippen LogP contribution in [0.2, 0.25) is 0 Å². The normalized spacial score (nSPS) is 10.8. The quantitative estimate of drug-likeness (QED) is 0.291. The fraction of sp³-hybridized carbons (Fsp3) is 0.765. The first kappa shape index (κ1) is 19.7. The van der Waals surface area contributed by atoms with E-state index >= 15 is 0 Å². The monoisotopic (exact) mass is 298 g/mol. The lowest BCUT2D eigenvalue weighted by Gasteiger charge is -2.02. The topological polar surface area (TPSA) is 52.6 Å². The van der Waals surface area contributed by atoms with E-state index in [0.717, 1.165) is 44.9 Å². The van der Waals surface area contributed by atoms with Crippen molar-refractivity contribution in [1.29, 1.82) is 0 Å². The predicted molar refractivity (Wildman–Crippen MR) is 84.0 cm³/mol. The summed E-state index contributed by atoms with van der Waals surface area (Å²) in [5.41, 5.74) is 0. The minimum atomic E-state index is -0.387. The summed E-state index contributed by atoms with van der Waals surface area (Å²) in [6.07, 6.45) is 11.6. The highest BCUT2D eigenvalue weighted by Gasteiger charge is 2.01. The molecule has 0 bridgehead atoms. The summed E-state index contributed by atoms with van der Waals surface area (Å²) in [4.78, 5) is 22.7. The number of unbranched alkanes of at least 4 members (excludes halogenated alkanes) is 6. The SMILES string of the molecule is CCCCCCOC(=O)/C=C/CC(=O)OCCCCCC. The molecule has 0 rings (SSSR count). The third-order valence-corrected chi connectivity index (χ3v) is 3.04. The van der Waals surface area contributed by atoms with E-state index in [0.29, 0.717) is 13.2 Å². The average Bonchev–Trinajstić information content (AvgIpc) is 2.47. The van der Waals surface area contributed by atoms with E-state index in [2.05, 4.69) is 13.8 Å². The molecule has 0 aliphatic rings. The van der Waals surface area contributed by atoms with Gasteiger partial charge in [-0.05, 0) is 12.8 Å². The van der Waals surface area contributed by atoms with Crippen molar-refractivity contribution < 1.29 is 19.1 Å². The van der Waals surface area contributed by atoms with E-state index in [1.807, 2.05) is 0 Å². The van der Waals surface area contributed by atoms with Crippen molar-refractivity contribution in [2.75, 3.05) is 13.2 Å². The molecular weight excluding hydrogens is 268 g/mol. The number of esters is 2. The molecule has 0 saturated heterocycles. The lowest BCUT2D eigenvalue weighted by molar-refractivity contribution is -0.142. The maximum atomic E-state index is 11.4. The molecule has 0 spiro atoms. The van der Waals surface area contributed by atoms with Crippen molar-refractivity contribution in [1.82, 2.24) is 0 Å². The van der Waals surface area contributed by atoms with Crippen LogP contribution in [-0.4, -0.2) is 25.2 Å². The Labute approximate surface area is 128 Å². The van der Waals surface area contributed by atoms with Gasteiger partial charge >= 0.3 is 11.9 Å². The molecule has 0 aliphatic carbocycles. The molecule has 0 atom stereocenters.